The van der Waals surface area contributed by atoms with Crippen molar-refractivity contribution in [2.24, 2.45) is 5.92 Å². The van der Waals surface area contributed by atoms with Gasteiger partial charge in [-0.1, -0.05) is 50.6 Å². The molecule has 1 aromatic carbocycles. The second kappa shape index (κ2) is 8.05. The lowest BCUT2D eigenvalue weighted by molar-refractivity contribution is -0.123. The lowest BCUT2D eigenvalue weighted by atomic mass is 10.0. The zero-order valence-electron chi connectivity index (χ0n) is 13.4. The summed E-state index contributed by atoms with van der Waals surface area (Å²) < 4.78 is 0. The van der Waals surface area contributed by atoms with Crippen molar-refractivity contribution in [2.75, 3.05) is 6.54 Å². The fraction of sp³-hybridized carbons (Fsp3) is 0.588. The first-order valence-electron chi connectivity index (χ1n) is 7.54. The van der Waals surface area contributed by atoms with Gasteiger partial charge in [-0.15, -0.1) is 0 Å². The number of hydrogen-bond acceptors (Lipinski definition) is 2. The first-order valence-corrected chi connectivity index (χ1v) is 7.54. The van der Waals surface area contributed by atoms with Gasteiger partial charge in [0.05, 0.1) is 6.04 Å². The highest BCUT2D eigenvalue weighted by Crippen LogP contribution is 2.17. The average molecular weight is 276 g/mol. The minimum absolute atomic E-state index is 0.0734. The Morgan fingerprint density at radius 1 is 1.15 bits per heavy atom. The Morgan fingerprint density at radius 3 is 2.25 bits per heavy atom. The van der Waals surface area contributed by atoms with Crippen LogP contribution in [-0.2, 0) is 4.79 Å². The second-order valence-electron chi connectivity index (χ2n) is 5.90. The summed E-state index contributed by atoms with van der Waals surface area (Å²) in [4.78, 5) is 12.0. The van der Waals surface area contributed by atoms with Crippen molar-refractivity contribution in [3.8, 4) is 0 Å². The lowest BCUT2D eigenvalue weighted by Crippen LogP contribution is -2.44. The number of aryl methyl sites for hydroxylation is 1. The molecule has 0 aliphatic carbocycles. The van der Waals surface area contributed by atoms with E-state index in [0.29, 0.717) is 5.92 Å². The van der Waals surface area contributed by atoms with Crippen LogP contribution in [0.3, 0.4) is 0 Å². The maximum absolute atomic E-state index is 12.0. The molecule has 0 spiro atoms. The van der Waals surface area contributed by atoms with Crippen LogP contribution in [0.4, 0.5) is 0 Å². The van der Waals surface area contributed by atoms with Crippen LogP contribution in [0.25, 0.3) is 0 Å². The van der Waals surface area contributed by atoms with Gasteiger partial charge in [-0.2, -0.15) is 0 Å². The molecule has 2 unspecified atom stereocenters. The Hall–Kier alpha value is -1.35. The van der Waals surface area contributed by atoms with Gasteiger partial charge in [0.15, 0.2) is 0 Å². The molecular weight excluding hydrogens is 248 g/mol. The number of hydrogen-bond donors (Lipinski definition) is 2. The molecule has 1 aromatic rings. The topological polar surface area (TPSA) is 41.1 Å². The second-order valence-corrected chi connectivity index (χ2v) is 5.90. The number of rotatable bonds is 7. The van der Waals surface area contributed by atoms with Crippen molar-refractivity contribution >= 4 is 5.91 Å². The first kappa shape index (κ1) is 16.7. The Labute approximate surface area is 123 Å². The van der Waals surface area contributed by atoms with Crippen LogP contribution in [0, 0.1) is 12.8 Å². The van der Waals surface area contributed by atoms with Crippen LogP contribution < -0.4 is 10.6 Å². The highest BCUT2D eigenvalue weighted by atomic mass is 16.2. The number of amides is 1. The molecular formula is C17H28N2O. The van der Waals surface area contributed by atoms with Crippen LogP contribution >= 0.6 is 0 Å². The van der Waals surface area contributed by atoms with Crippen molar-refractivity contribution in [1.82, 2.24) is 10.6 Å². The third kappa shape index (κ3) is 5.33. The van der Waals surface area contributed by atoms with E-state index >= 15 is 0 Å². The summed E-state index contributed by atoms with van der Waals surface area (Å²) in [6.45, 7) is 11.1. The quantitative estimate of drug-likeness (QED) is 0.803. The van der Waals surface area contributed by atoms with E-state index in [1.807, 2.05) is 6.92 Å². The van der Waals surface area contributed by atoms with Crippen LogP contribution in [0.2, 0.25) is 0 Å². The maximum atomic E-state index is 12.0. The molecule has 1 amide bonds. The van der Waals surface area contributed by atoms with Crippen molar-refractivity contribution in [2.45, 2.75) is 53.1 Å². The summed E-state index contributed by atoms with van der Waals surface area (Å²) in [5, 5.41) is 6.38. The number of carbonyl (C=O) groups is 1. The first-order chi connectivity index (χ1) is 9.43. The molecule has 0 aliphatic rings. The van der Waals surface area contributed by atoms with Gasteiger partial charge in [-0.05, 0) is 31.7 Å². The van der Waals surface area contributed by atoms with Gasteiger partial charge in [0.25, 0.3) is 0 Å². The van der Waals surface area contributed by atoms with Crippen LogP contribution in [0.5, 0.6) is 0 Å². The van der Waals surface area contributed by atoms with Gasteiger partial charge in [-0.3, -0.25) is 10.1 Å². The third-order valence-electron chi connectivity index (χ3n) is 3.42. The van der Waals surface area contributed by atoms with E-state index in [1.54, 1.807) is 0 Å². The minimum atomic E-state index is -0.181. The van der Waals surface area contributed by atoms with E-state index in [1.165, 1.54) is 11.1 Å². The van der Waals surface area contributed by atoms with E-state index in [0.717, 1.165) is 13.0 Å². The van der Waals surface area contributed by atoms with E-state index in [4.69, 9.17) is 0 Å². The number of carbonyl (C=O) groups excluding carboxylic acids is 1. The number of benzene rings is 1. The molecule has 2 N–H and O–H groups in total. The summed E-state index contributed by atoms with van der Waals surface area (Å²) in [5.41, 5.74) is 2.49. The molecule has 0 aliphatic heterocycles. The Morgan fingerprint density at radius 2 is 1.75 bits per heavy atom. The fourth-order valence-electron chi connectivity index (χ4n) is 2.08. The van der Waals surface area contributed by atoms with Gasteiger partial charge >= 0.3 is 0 Å². The van der Waals surface area contributed by atoms with Crippen molar-refractivity contribution < 1.29 is 4.79 Å². The van der Waals surface area contributed by atoms with Gasteiger partial charge in [0, 0.05) is 12.6 Å². The highest BCUT2D eigenvalue weighted by molar-refractivity contribution is 5.81. The summed E-state index contributed by atoms with van der Waals surface area (Å²) >= 11 is 0. The smallest absolute Gasteiger partial charge is 0.236 e. The largest absolute Gasteiger partial charge is 0.354 e. The average Bonchev–Trinajstić information content (AvgIpc) is 2.42. The lowest BCUT2D eigenvalue weighted by Gasteiger charge is -2.22. The molecule has 1 rings (SSSR count). The third-order valence-corrected chi connectivity index (χ3v) is 3.42. The minimum Gasteiger partial charge on any atom is -0.354 e. The zero-order valence-corrected chi connectivity index (χ0v) is 13.4. The van der Waals surface area contributed by atoms with E-state index in [-0.39, 0.29) is 18.0 Å². The molecule has 2 atom stereocenters. The Bertz CT molecular complexity index is 412. The maximum Gasteiger partial charge on any atom is 0.236 e. The molecule has 0 radical (unpaired) electrons. The zero-order chi connectivity index (χ0) is 15.1. The molecule has 0 saturated carbocycles. The van der Waals surface area contributed by atoms with Crippen molar-refractivity contribution in [3.63, 3.8) is 0 Å². The predicted octanol–water partition coefficient (Wildman–Crippen LogP) is 3.20. The summed E-state index contributed by atoms with van der Waals surface area (Å²) in [6, 6.07) is 8.53. The predicted molar refractivity (Wildman–Crippen MR) is 84.7 cm³/mol. The number of nitrogens with one attached hydrogen (secondary N) is 2. The monoisotopic (exact) mass is 276 g/mol. The molecule has 0 bridgehead atoms. The van der Waals surface area contributed by atoms with Crippen LogP contribution in [0.15, 0.2) is 24.3 Å². The Balaban J connectivity index is 2.59. The summed E-state index contributed by atoms with van der Waals surface area (Å²) in [5.74, 6) is 0.550. The van der Waals surface area contributed by atoms with Crippen molar-refractivity contribution in [3.05, 3.63) is 35.4 Å². The Kier molecular flexibility index (Phi) is 6.73. The van der Waals surface area contributed by atoms with E-state index < -0.39 is 0 Å². The molecule has 112 valence electrons. The molecule has 20 heavy (non-hydrogen) atoms. The van der Waals surface area contributed by atoms with E-state index in [2.05, 4.69) is 62.6 Å². The molecule has 0 fully saturated rings. The van der Waals surface area contributed by atoms with Crippen molar-refractivity contribution in [1.29, 1.82) is 0 Å². The highest BCUT2D eigenvalue weighted by Gasteiger charge is 2.17. The van der Waals surface area contributed by atoms with Crippen LogP contribution in [0.1, 0.15) is 51.3 Å². The van der Waals surface area contributed by atoms with Crippen LogP contribution in [-0.4, -0.2) is 18.5 Å². The fourth-order valence-corrected chi connectivity index (χ4v) is 2.08. The summed E-state index contributed by atoms with van der Waals surface area (Å²) in [6.07, 6.45) is 0.963. The van der Waals surface area contributed by atoms with Gasteiger partial charge in [0.2, 0.25) is 5.91 Å². The van der Waals surface area contributed by atoms with E-state index in [9.17, 15) is 4.79 Å². The normalized spacial score (nSPS) is 14.1. The van der Waals surface area contributed by atoms with Gasteiger partial charge < -0.3 is 5.32 Å². The molecule has 3 nitrogen and oxygen atoms in total. The molecule has 0 aromatic heterocycles. The molecule has 0 saturated heterocycles. The molecule has 3 heteroatoms. The molecule has 0 heterocycles. The van der Waals surface area contributed by atoms with Gasteiger partial charge in [-0.25, -0.2) is 0 Å². The summed E-state index contributed by atoms with van der Waals surface area (Å²) in [7, 11) is 0. The standard InChI is InChI=1S/C17H28N2O/c1-6-16(15-9-7-13(4)8-10-15)19-14(5)17(20)18-11-12(2)3/h7-10,12,14,16,19H,6,11H2,1-5H3,(H,18,20). The van der Waals surface area contributed by atoms with Gasteiger partial charge in [0.1, 0.15) is 0 Å². The SMILES string of the molecule is CCC(NC(C)C(=O)NCC(C)C)c1ccc(C)cc1.